The number of aliphatic imine (C=N–C) groups is 1. The van der Waals surface area contributed by atoms with Crippen LogP contribution in [-0.2, 0) is 0 Å². The fraction of sp³-hybridized carbons (Fsp3) is 0.720. The number of ether oxygens (including phenoxy) is 1. The predicted octanol–water partition coefficient (Wildman–Crippen LogP) is 2.89. The van der Waals surface area contributed by atoms with Gasteiger partial charge in [0.1, 0.15) is 5.75 Å². The van der Waals surface area contributed by atoms with Gasteiger partial charge >= 0.3 is 0 Å². The first kappa shape index (κ1) is 28.1. The summed E-state index contributed by atoms with van der Waals surface area (Å²) in [7, 11) is 3.97. The van der Waals surface area contributed by atoms with E-state index in [4.69, 9.17) is 9.73 Å². The van der Waals surface area contributed by atoms with Crippen LogP contribution >= 0.6 is 24.0 Å². The Balaban J connectivity index is 0.00000385. The fourth-order valence-corrected chi connectivity index (χ4v) is 4.74. The standard InChI is InChI=1S/C25H44N6O.HI/c1-5-26-25(27-18-21(2)20-30-16-14-29(3)15-17-30)28-19-23(31-12-8-9-13-31)22-10-6-7-11-24(22)32-4;/h6-7,10-11,21,23H,5,8-9,12-20H2,1-4H3,(H2,26,27,28);1H. The van der Waals surface area contributed by atoms with Crippen molar-refractivity contribution in [2.45, 2.75) is 32.7 Å². The van der Waals surface area contributed by atoms with Crippen LogP contribution in [0.1, 0.15) is 38.3 Å². The molecule has 2 saturated heterocycles. The zero-order valence-electron chi connectivity index (χ0n) is 21.1. The van der Waals surface area contributed by atoms with Gasteiger partial charge in [-0.15, -0.1) is 24.0 Å². The Labute approximate surface area is 218 Å². The van der Waals surface area contributed by atoms with Gasteiger partial charge in [-0.2, -0.15) is 0 Å². The van der Waals surface area contributed by atoms with Crippen LogP contribution in [-0.4, -0.2) is 100 Å². The largest absolute Gasteiger partial charge is 0.496 e. The lowest BCUT2D eigenvalue weighted by Crippen LogP contribution is -2.46. The normalized spacial score (nSPS) is 20.2. The van der Waals surface area contributed by atoms with E-state index in [0.29, 0.717) is 5.92 Å². The summed E-state index contributed by atoms with van der Waals surface area (Å²) in [5.74, 6) is 2.42. The summed E-state index contributed by atoms with van der Waals surface area (Å²) in [6.45, 7) is 15.0. The molecule has 2 aliphatic heterocycles. The van der Waals surface area contributed by atoms with Crippen molar-refractivity contribution in [3.05, 3.63) is 29.8 Å². The summed E-state index contributed by atoms with van der Waals surface area (Å²) < 4.78 is 5.69. The van der Waals surface area contributed by atoms with Crippen molar-refractivity contribution in [3.8, 4) is 5.75 Å². The van der Waals surface area contributed by atoms with Gasteiger partial charge in [0.05, 0.1) is 13.2 Å². The van der Waals surface area contributed by atoms with Crippen LogP contribution in [0.3, 0.4) is 0 Å². The molecule has 2 unspecified atom stereocenters. The smallest absolute Gasteiger partial charge is 0.191 e. The van der Waals surface area contributed by atoms with Gasteiger partial charge in [0, 0.05) is 57.9 Å². The first-order valence-corrected chi connectivity index (χ1v) is 12.4. The number of rotatable bonds is 10. The van der Waals surface area contributed by atoms with Crippen molar-refractivity contribution in [3.63, 3.8) is 0 Å². The number of methoxy groups -OCH3 is 1. The number of hydrogen-bond donors (Lipinski definition) is 2. The van der Waals surface area contributed by atoms with E-state index >= 15 is 0 Å². The molecule has 2 atom stereocenters. The number of nitrogens with one attached hydrogen (secondary N) is 2. The quantitative estimate of drug-likeness (QED) is 0.256. The number of piperazine rings is 1. The molecule has 0 radical (unpaired) electrons. The van der Waals surface area contributed by atoms with E-state index < -0.39 is 0 Å². The second-order valence-electron chi connectivity index (χ2n) is 9.31. The molecule has 8 heteroatoms. The molecule has 0 aromatic heterocycles. The van der Waals surface area contributed by atoms with Crippen molar-refractivity contribution < 1.29 is 4.74 Å². The molecule has 0 saturated carbocycles. The van der Waals surface area contributed by atoms with Crippen molar-refractivity contribution in [2.75, 3.05) is 79.6 Å². The van der Waals surface area contributed by atoms with Gasteiger partial charge in [-0.25, -0.2) is 0 Å². The molecule has 2 N–H and O–H groups in total. The van der Waals surface area contributed by atoms with E-state index in [1.807, 2.05) is 6.07 Å². The van der Waals surface area contributed by atoms with Crippen molar-refractivity contribution >= 4 is 29.9 Å². The Bertz CT molecular complexity index is 704. The third-order valence-corrected chi connectivity index (χ3v) is 6.61. The van der Waals surface area contributed by atoms with Crippen LogP contribution in [0.5, 0.6) is 5.75 Å². The number of halogens is 1. The number of guanidine groups is 1. The Morgan fingerprint density at radius 1 is 1.06 bits per heavy atom. The van der Waals surface area contributed by atoms with Crippen molar-refractivity contribution in [1.82, 2.24) is 25.3 Å². The van der Waals surface area contributed by atoms with E-state index in [1.54, 1.807) is 7.11 Å². The zero-order chi connectivity index (χ0) is 22.8. The SMILES string of the molecule is CCNC(=NCC(C)CN1CCN(C)CC1)NCC(c1ccccc1OC)N1CCCC1.I. The zero-order valence-corrected chi connectivity index (χ0v) is 23.4. The highest BCUT2D eigenvalue weighted by Crippen LogP contribution is 2.31. The molecule has 0 spiro atoms. The van der Waals surface area contributed by atoms with E-state index in [0.717, 1.165) is 51.0 Å². The van der Waals surface area contributed by atoms with Crippen LogP contribution < -0.4 is 15.4 Å². The van der Waals surface area contributed by atoms with Crippen LogP contribution in [0, 0.1) is 5.92 Å². The van der Waals surface area contributed by atoms with Gasteiger partial charge in [-0.05, 0) is 51.9 Å². The van der Waals surface area contributed by atoms with Gasteiger partial charge in [0.15, 0.2) is 5.96 Å². The number of likely N-dealkylation sites (N-methyl/N-ethyl adjacent to an activating group) is 1. The maximum Gasteiger partial charge on any atom is 0.191 e. The maximum absolute atomic E-state index is 5.69. The van der Waals surface area contributed by atoms with E-state index in [9.17, 15) is 0 Å². The first-order chi connectivity index (χ1) is 15.6. The summed E-state index contributed by atoms with van der Waals surface area (Å²) in [6, 6.07) is 8.70. The molecule has 7 nitrogen and oxygen atoms in total. The molecule has 33 heavy (non-hydrogen) atoms. The number of para-hydroxylation sites is 1. The molecule has 2 aliphatic rings. The first-order valence-electron chi connectivity index (χ1n) is 12.4. The number of hydrogen-bond acceptors (Lipinski definition) is 5. The average Bonchev–Trinajstić information content (AvgIpc) is 3.34. The van der Waals surface area contributed by atoms with Crippen molar-refractivity contribution in [2.24, 2.45) is 10.9 Å². The highest BCUT2D eigenvalue weighted by molar-refractivity contribution is 14.0. The lowest BCUT2D eigenvalue weighted by Gasteiger charge is -2.33. The number of nitrogens with zero attached hydrogens (tertiary/aromatic N) is 4. The summed E-state index contributed by atoms with van der Waals surface area (Å²) in [5, 5.41) is 7.08. The molecule has 0 bridgehead atoms. The van der Waals surface area contributed by atoms with E-state index in [2.05, 4.69) is 64.4 Å². The fourth-order valence-electron chi connectivity index (χ4n) is 4.74. The molecular weight excluding hydrogens is 527 g/mol. The molecule has 0 aliphatic carbocycles. The van der Waals surface area contributed by atoms with Gasteiger partial charge in [0.25, 0.3) is 0 Å². The molecule has 188 valence electrons. The Morgan fingerprint density at radius 3 is 2.42 bits per heavy atom. The minimum absolute atomic E-state index is 0. The topological polar surface area (TPSA) is 55.4 Å². The Morgan fingerprint density at radius 2 is 1.76 bits per heavy atom. The minimum Gasteiger partial charge on any atom is -0.496 e. The van der Waals surface area contributed by atoms with Crippen LogP contribution in [0.25, 0.3) is 0 Å². The lowest BCUT2D eigenvalue weighted by atomic mass is 10.0. The lowest BCUT2D eigenvalue weighted by molar-refractivity contribution is 0.140. The highest BCUT2D eigenvalue weighted by atomic mass is 127. The molecule has 1 aromatic rings. The van der Waals surface area contributed by atoms with E-state index in [-0.39, 0.29) is 30.0 Å². The highest BCUT2D eigenvalue weighted by Gasteiger charge is 2.26. The Kier molecular flexibility index (Phi) is 12.8. The third-order valence-electron chi connectivity index (χ3n) is 6.61. The minimum atomic E-state index is 0. The van der Waals surface area contributed by atoms with Gasteiger partial charge in [0.2, 0.25) is 0 Å². The Hall–Kier alpha value is -1.10. The van der Waals surface area contributed by atoms with Crippen LogP contribution in [0.2, 0.25) is 0 Å². The molecule has 2 heterocycles. The summed E-state index contributed by atoms with van der Waals surface area (Å²) >= 11 is 0. The average molecular weight is 573 g/mol. The number of likely N-dealkylation sites (tertiary alicyclic amines) is 1. The van der Waals surface area contributed by atoms with Crippen LogP contribution in [0.15, 0.2) is 29.3 Å². The molecule has 3 rings (SSSR count). The summed E-state index contributed by atoms with van der Waals surface area (Å²) in [5.41, 5.74) is 1.25. The van der Waals surface area contributed by atoms with Gasteiger partial charge in [-0.3, -0.25) is 9.89 Å². The number of benzene rings is 1. The molecule has 1 aromatic carbocycles. The summed E-state index contributed by atoms with van der Waals surface area (Å²) in [6.07, 6.45) is 2.53. The van der Waals surface area contributed by atoms with Crippen molar-refractivity contribution in [1.29, 1.82) is 0 Å². The van der Waals surface area contributed by atoms with Crippen LogP contribution in [0.4, 0.5) is 0 Å². The molecular formula is C25H45IN6O. The predicted molar refractivity (Wildman–Crippen MR) is 149 cm³/mol. The second-order valence-corrected chi connectivity index (χ2v) is 9.31. The summed E-state index contributed by atoms with van der Waals surface area (Å²) in [4.78, 5) is 12.5. The van der Waals surface area contributed by atoms with E-state index in [1.165, 1.54) is 44.6 Å². The maximum atomic E-state index is 5.69. The van der Waals surface area contributed by atoms with Gasteiger partial charge in [-0.1, -0.05) is 25.1 Å². The molecule has 0 amide bonds. The second kappa shape index (κ2) is 15.0. The third kappa shape index (κ3) is 8.88. The molecule has 2 fully saturated rings. The monoisotopic (exact) mass is 572 g/mol. The van der Waals surface area contributed by atoms with Gasteiger partial charge < -0.3 is 25.2 Å².